The molecule has 0 bridgehead atoms. The Balaban J connectivity index is 1.93. The predicted molar refractivity (Wildman–Crippen MR) is 98.7 cm³/mol. The number of halogens is 1. The average Bonchev–Trinajstić information content (AvgIpc) is 2.62. The molecule has 2 aromatic carbocycles. The maximum atomic E-state index is 12.2. The summed E-state index contributed by atoms with van der Waals surface area (Å²) in [5.74, 6) is -0.148. The molecule has 7 heteroatoms. The van der Waals surface area contributed by atoms with Crippen LogP contribution in [0.15, 0.2) is 48.5 Å². The molecular formula is C19H18ClN3O3. The molecule has 0 saturated carbocycles. The average molecular weight is 372 g/mol. The number of para-hydroxylation sites is 1. The van der Waals surface area contributed by atoms with Gasteiger partial charge in [-0.1, -0.05) is 29.8 Å². The van der Waals surface area contributed by atoms with Gasteiger partial charge in [0, 0.05) is 17.3 Å². The molecule has 134 valence electrons. The van der Waals surface area contributed by atoms with Crippen molar-refractivity contribution in [2.75, 3.05) is 5.32 Å². The summed E-state index contributed by atoms with van der Waals surface area (Å²) in [5.41, 5.74) is 1.28. The summed E-state index contributed by atoms with van der Waals surface area (Å²) in [7, 11) is 0. The van der Waals surface area contributed by atoms with Crippen LogP contribution in [-0.2, 0) is 16.1 Å². The van der Waals surface area contributed by atoms with Crippen LogP contribution in [0.1, 0.15) is 18.9 Å². The molecule has 0 aliphatic rings. The summed E-state index contributed by atoms with van der Waals surface area (Å²) < 4.78 is 5.57. The Morgan fingerprint density at radius 2 is 1.88 bits per heavy atom. The third-order valence-electron chi connectivity index (χ3n) is 3.48. The van der Waals surface area contributed by atoms with Gasteiger partial charge >= 0.3 is 0 Å². The topological polar surface area (TPSA) is 91.2 Å². The number of nitriles is 1. The van der Waals surface area contributed by atoms with Gasteiger partial charge in [-0.05, 0) is 42.8 Å². The van der Waals surface area contributed by atoms with E-state index in [1.165, 1.54) is 0 Å². The molecule has 2 amide bonds. The summed E-state index contributed by atoms with van der Waals surface area (Å²) in [5, 5.41) is 14.6. The maximum absolute atomic E-state index is 12.2. The minimum absolute atomic E-state index is 0.218. The summed E-state index contributed by atoms with van der Waals surface area (Å²) >= 11 is 5.82. The summed E-state index contributed by atoms with van der Waals surface area (Å²) in [4.78, 5) is 23.8. The lowest BCUT2D eigenvalue weighted by Crippen LogP contribution is -2.36. The minimum atomic E-state index is -0.698. The fourth-order valence-corrected chi connectivity index (χ4v) is 2.29. The third-order valence-corrected chi connectivity index (χ3v) is 3.73. The second-order valence-corrected chi connectivity index (χ2v) is 5.91. The summed E-state index contributed by atoms with van der Waals surface area (Å²) in [6.45, 7) is 1.86. The molecule has 0 fully saturated rings. The first-order valence-corrected chi connectivity index (χ1v) is 8.32. The Hall–Kier alpha value is -3.04. The predicted octanol–water partition coefficient (Wildman–Crippen LogP) is 3.28. The first kappa shape index (κ1) is 19.3. The van der Waals surface area contributed by atoms with Crippen LogP contribution in [0.2, 0.25) is 5.02 Å². The lowest BCUT2D eigenvalue weighted by atomic mass is 10.1. The van der Waals surface area contributed by atoms with Gasteiger partial charge in [0.15, 0.2) is 6.10 Å². The van der Waals surface area contributed by atoms with Crippen molar-refractivity contribution in [1.29, 1.82) is 5.26 Å². The number of benzene rings is 2. The fraction of sp³-hybridized carbons (Fsp3) is 0.211. The Morgan fingerprint density at radius 3 is 2.58 bits per heavy atom. The van der Waals surface area contributed by atoms with E-state index in [0.717, 1.165) is 5.56 Å². The molecule has 0 spiro atoms. The Labute approximate surface area is 156 Å². The van der Waals surface area contributed by atoms with E-state index in [2.05, 4.69) is 10.6 Å². The summed E-state index contributed by atoms with van der Waals surface area (Å²) in [6, 6.07) is 15.6. The van der Waals surface area contributed by atoms with Crippen molar-refractivity contribution >= 4 is 29.1 Å². The molecule has 0 saturated heterocycles. The third kappa shape index (κ3) is 5.80. The van der Waals surface area contributed by atoms with Gasteiger partial charge in [0.05, 0.1) is 6.07 Å². The van der Waals surface area contributed by atoms with Gasteiger partial charge in [0.1, 0.15) is 12.2 Å². The molecule has 0 aliphatic heterocycles. The molecule has 0 aromatic heterocycles. The van der Waals surface area contributed by atoms with Crippen LogP contribution in [0.3, 0.4) is 0 Å². The number of carbonyl (C=O) groups is 2. The van der Waals surface area contributed by atoms with E-state index in [0.29, 0.717) is 16.5 Å². The largest absolute Gasteiger partial charge is 0.481 e. The van der Waals surface area contributed by atoms with E-state index in [4.69, 9.17) is 21.6 Å². The second kappa shape index (κ2) is 9.44. The van der Waals surface area contributed by atoms with Crippen molar-refractivity contribution in [2.24, 2.45) is 0 Å². The zero-order valence-electron chi connectivity index (χ0n) is 14.2. The minimum Gasteiger partial charge on any atom is -0.481 e. The molecule has 2 aromatic rings. The number of ether oxygens (including phenoxy) is 1. The Morgan fingerprint density at radius 1 is 1.19 bits per heavy atom. The first-order chi connectivity index (χ1) is 12.5. The van der Waals surface area contributed by atoms with Crippen LogP contribution in [0.5, 0.6) is 5.75 Å². The standard InChI is InChI=1S/C19H18ClN3O3/c1-13(26-16-8-6-15(20)7-9-16)19(25)22-12-14-4-2-3-5-17(14)23-18(24)10-11-21/h2-9,13H,10,12H2,1H3,(H,22,25)(H,23,24). The molecular weight excluding hydrogens is 354 g/mol. The van der Waals surface area contributed by atoms with E-state index in [1.807, 2.05) is 0 Å². The molecule has 6 nitrogen and oxygen atoms in total. The number of hydrogen-bond acceptors (Lipinski definition) is 4. The monoisotopic (exact) mass is 371 g/mol. The molecule has 2 rings (SSSR count). The smallest absolute Gasteiger partial charge is 0.261 e. The zero-order chi connectivity index (χ0) is 18.9. The van der Waals surface area contributed by atoms with Crippen molar-refractivity contribution in [3.63, 3.8) is 0 Å². The number of hydrogen-bond donors (Lipinski definition) is 2. The first-order valence-electron chi connectivity index (χ1n) is 7.94. The van der Waals surface area contributed by atoms with Crippen LogP contribution in [0.25, 0.3) is 0 Å². The number of anilines is 1. The van der Waals surface area contributed by atoms with Gasteiger partial charge in [-0.25, -0.2) is 0 Å². The quantitative estimate of drug-likeness (QED) is 0.781. The number of carbonyl (C=O) groups excluding carboxylic acids is 2. The van der Waals surface area contributed by atoms with E-state index in [1.54, 1.807) is 61.5 Å². The highest BCUT2D eigenvalue weighted by atomic mass is 35.5. The van der Waals surface area contributed by atoms with Crippen LogP contribution < -0.4 is 15.4 Å². The van der Waals surface area contributed by atoms with Gasteiger partial charge in [-0.2, -0.15) is 5.26 Å². The number of nitrogens with one attached hydrogen (secondary N) is 2. The molecule has 26 heavy (non-hydrogen) atoms. The molecule has 1 atom stereocenters. The van der Waals surface area contributed by atoms with Crippen molar-refractivity contribution < 1.29 is 14.3 Å². The maximum Gasteiger partial charge on any atom is 0.261 e. The second-order valence-electron chi connectivity index (χ2n) is 5.47. The molecule has 1 unspecified atom stereocenters. The van der Waals surface area contributed by atoms with E-state index in [-0.39, 0.29) is 18.9 Å². The van der Waals surface area contributed by atoms with Gasteiger partial charge in [-0.3, -0.25) is 9.59 Å². The van der Waals surface area contributed by atoms with Gasteiger partial charge in [0.25, 0.3) is 5.91 Å². The van der Waals surface area contributed by atoms with Crippen molar-refractivity contribution in [3.8, 4) is 11.8 Å². The molecule has 0 radical (unpaired) electrons. The molecule has 2 N–H and O–H groups in total. The van der Waals surface area contributed by atoms with Crippen molar-refractivity contribution in [1.82, 2.24) is 5.32 Å². The SMILES string of the molecule is CC(Oc1ccc(Cl)cc1)C(=O)NCc1ccccc1NC(=O)CC#N. The van der Waals surface area contributed by atoms with Gasteiger partial charge < -0.3 is 15.4 Å². The van der Waals surface area contributed by atoms with Gasteiger partial charge in [0.2, 0.25) is 5.91 Å². The highest BCUT2D eigenvalue weighted by molar-refractivity contribution is 6.30. The lowest BCUT2D eigenvalue weighted by molar-refractivity contribution is -0.127. The van der Waals surface area contributed by atoms with Gasteiger partial charge in [-0.15, -0.1) is 0 Å². The number of nitrogens with zero attached hydrogens (tertiary/aromatic N) is 1. The summed E-state index contributed by atoms with van der Waals surface area (Å²) in [6.07, 6.45) is -0.927. The Bertz CT molecular complexity index is 816. The van der Waals surface area contributed by atoms with Crippen LogP contribution in [0, 0.1) is 11.3 Å². The fourth-order valence-electron chi connectivity index (χ4n) is 2.16. The molecule has 0 aliphatic carbocycles. The lowest BCUT2D eigenvalue weighted by Gasteiger charge is -2.16. The Kier molecular flexibility index (Phi) is 7.01. The zero-order valence-corrected chi connectivity index (χ0v) is 14.9. The van der Waals surface area contributed by atoms with E-state index in [9.17, 15) is 9.59 Å². The van der Waals surface area contributed by atoms with Crippen LogP contribution in [-0.4, -0.2) is 17.9 Å². The number of amides is 2. The van der Waals surface area contributed by atoms with Crippen molar-refractivity contribution in [3.05, 3.63) is 59.1 Å². The number of rotatable bonds is 7. The van der Waals surface area contributed by atoms with Crippen molar-refractivity contribution in [2.45, 2.75) is 26.0 Å². The molecule has 0 heterocycles. The van der Waals surface area contributed by atoms with Crippen LogP contribution in [0.4, 0.5) is 5.69 Å². The van der Waals surface area contributed by atoms with E-state index < -0.39 is 12.0 Å². The van der Waals surface area contributed by atoms with E-state index >= 15 is 0 Å². The normalized spacial score (nSPS) is 11.1. The van der Waals surface area contributed by atoms with Crippen LogP contribution >= 0.6 is 11.6 Å². The highest BCUT2D eigenvalue weighted by Gasteiger charge is 2.15. The highest BCUT2D eigenvalue weighted by Crippen LogP contribution is 2.17.